The molecule has 2 aromatic rings. The van der Waals surface area contributed by atoms with Crippen molar-refractivity contribution in [3.8, 4) is 5.75 Å². The smallest absolute Gasteiger partial charge is 0.159 e. The summed E-state index contributed by atoms with van der Waals surface area (Å²) >= 11 is 0. The Morgan fingerprint density at radius 3 is 2.32 bits per heavy atom. The van der Waals surface area contributed by atoms with Gasteiger partial charge >= 0.3 is 0 Å². The second-order valence-electron chi connectivity index (χ2n) is 7.34. The van der Waals surface area contributed by atoms with E-state index in [9.17, 15) is 25.2 Å². The van der Waals surface area contributed by atoms with Gasteiger partial charge in [0.15, 0.2) is 5.78 Å². The number of Topliss-reactive ketones (excluding diaryl/α,β-unsaturated/α-hetero) is 1. The van der Waals surface area contributed by atoms with E-state index in [2.05, 4.69) is 0 Å². The van der Waals surface area contributed by atoms with Crippen LogP contribution in [0.4, 0.5) is 0 Å². The summed E-state index contributed by atoms with van der Waals surface area (Å²) in [5, 5.41) is 39.7. The third kappa shape index (κ3) is 4.42. The summed E-state index contributed by atoms with van der Waals surface area (Å²) in [4.78, 5) is 11.4. The topological polar surface area (TPSA) is 107 Å². The third-order valence-corrected chi connectivity index (χ3v) is 5.34. The Hall–Kier alpha value is -2.25. The molecular weight excluding hydrogens is 360 g/mol. The van der Waals surface area contributed by atoms with Crippen LogP contribution in [0.1, 0.15) is 34.8 Å². The summed E-state index contributed by atoms with van der Waals surface area (Å²) in [6, 6.07) is 14.8. The highest BCUT2D eigenvalue weighted by molar-refractivity contribution is 5.94. The molecule has 1 saturated carbocycles. The molecule has 0 spiro atoms. The second kappa shape index (κ2) is 8.84. The molecular formula is C22H26O6. The third-order valence-electron chi connectivity index (χ3n) is 5.34. The average Bonchev–Trinajstić information content (AvgIpc) is 2.70. The van der Waals surface area contributed by atoms with E-state index in [0.717, 1.165) is 11.1 Å². The molecule has 0 aliphatic heterocycles. The van der Waals surface area contributed by atoms with Gasteiger partial charge in [-0.15, -0.1) is 0 Å². The Kier molecular flexibility index (Phi) is 6.46. The van der Waals surface area contributed by atoms with E-state index >= 15 is 0 Å². The standard InChI is InChI=1S/C22H26O6/c1-13(24)15-8-6-14(7-9-15)10-16-4-2-3-5-18(16)28-19-11-17(12-23)20(25)22(27)21(19)26/h2-9,17,19-23,25-27H,10-12H2,1H3/t17-,19-,20-,21+,22+/m1/s1. The number of ether oxygens (including phenoxy) is 1. The number of hydrogen-bond donors (Lipinski definition) is 4. The van der Waals surface area contributed by atoms with Crippen LogP contribution in [0.2, 0.25) is 0 Å². The predicted octanol–water partition coefficient (Wildman–Crippen LogP) is 1.32. The number of rotatable bonds is 6. The number of aliphatic hydroxyl groups is 4. The van der Waals surface area contributed by atoms with Gasteiger partial charge in [0, 0.05) is 24.5 Å². The number of carbonyl (C=O) groups excluding carboxylic acids is 1. The molecule has 0 saturated heterocycles. The first-order valence-corrected chi connectivity index (χ1v) is 9.40. The summed E-state index contributed by atoms with van der Waals surface area (Å²) in [6.45, 7) is 1.23. The van der Waals surface area contributed by atoms with E-state index < -0.39 is 30.3 Å². The van der Waals surface area contributed by atoms with Crippen LogP contribution in [0.5, 0.6) is 5.75 Å². The van der Waals surface area contributed by atoms with Crippen molar-refractivity contribution in [3.63, 3.8) is 0 Å². The Labute approximate surface area is 164 Å². The number of aliphatic hydroxyl groups excluding tert-OH is 4. The lowest BCUT2D eigenvalue weighted by Crippen LogP contribution is -2.56. The second-order valence-corrected chi connectivity index (χ2v) is 7.34. The molecule has 1 aliphatic rings. The zero-order valence-corrected chi connectivity index (χ0v) is 15.7. The molecule has 2 aromatic carbocycles. The molecule has 1 fully saturated rings. The molecule has 0 bridgehead atoms. The number of carbonyl (C=O) groups is 1. The maximum atomic E-state index is 11.4. The summed E-state index contributed by atoms with van der Waals surface area (Å²) in [5.74, 6) is 0.0258. The maximum Gasteiger partial charge on any atom is 0.159 e. The van der Waals surface area contributed by atoms with E-state index in [-0.39, 0.29) is 18.8 Å². The van der Waals surface area contributed by atoms with Gasteiger partial charge in [-0.25, -0.2) is 0 Å². The number of ketones is 1. The van der Waals surface area contributed by atoms with E-state index in [1.165, 1.54) is 6.92 Å². The molecule has 5 atom stereocenters. The summed E-state index contributed by atoms with van der Waals surface area (Å²) in [7, 11) is 0. The SMILES string of the molecule is CC(=O)c1ccc(Cc2ccccc2O[C@@H]2C[C@H](CO)[C@@H](O)[C@H](O)[C@H]2O)cc1. The fourth-order valence-electron chi connectivity index (χ4n) is 3.58. The van der Waals surface area contributed by atoms with Gasteiger partial charge in [0.05, 0.1) is 6.10 Å². The van der Waals surface area contributed by atoms with Crippen molar-refractivity contribution in [2.24, 2.45) is 5.92 Å². The summed E-state index contributed by atoms with van der Waals surface area (Å²) in [6.07, 6.45) is -3.74. The fraction of sp³-hybridized carbons (Fsp3) is 0.409. The van der Waals surface area contributed by atoms with Crippen molar-refractivity contribution in [2.45, 2.75) is 44.2 Å². The molecule has 150 valence electrons. The Morgan fingerprint density at radius 1 is 1.00 bits per heavy atom. The van der Waals surface area contributed by atoms with Crippen molar-refractivity contribution in [3.05, 3.63) is 65.2 Å². The molecule has 0 aromatic heterocycles. The molecule has 1 aliphatic carbocycles. The van der Waals surface area contributed by atoms with Crippen molar-refractivity contribution in [2.75, 3.05) is 6.61 Å². The first-order valence-electron chi connectivity index (χ1n) is 9.40. The predicted molar refractivity (Wildman–Crippen MR) is 103 cm³/mol. The molecule has 6 heteroatoms. The molecule has 0 heterocycles. The van der Waals surface area contributed by atoms with Crippen molar-refractivity contribution < 1.29 is 30.0 Å². The highest BCUT2D eigenvalue weighted by atomic mass is 16.5. The van der Waals surface area contributed by atoms with Crippen LogP contribution in [0.3, 0.4) is 0 Å². The number of benzene rings is 2. The minimum atomic E-state index is -1.37. The van der Waals surface area contributed by atoms with Gasteiger partial charge in [-0.1, -0.05) is 42.5 Å². The van der Waals surface area contributed by atoms with Crippen LogP contribution in [-0.4, -0.2) is 57.2 Å². The van der Waals surface area contributed by atoms with Crippen molar-refractivity contribution >= 4 is 5.78 Å². The van der Waals surface area contributed by atoms with Crippen LogP contribution < -0.4 is 4.74 Å². The van der Waals surface area contributed by atoms with Crippen LogP contribution in [0.25, 0.3) is 0 Å². The largest absolute Gasteiger partial charge is 0.487 e. The minimum Gasteiger partial charge on any atom is -0.487 e. The first kappa shape index (κ1) is 20.5. The van der Waals surface area contributed by atoms with Crippen LogP contribution in [0, 0.1) is 5.92 Å². The van der Waals surface area contributed by atoms with Gasteiger partial charge in [-0.2, -0.15) is 0 Å². The Bertz CT molecular complexity index is 801. The fourth-order valence-corrected chi connectivity index (χ4v) is 3.58. The zero-order chi connectivity index (χ0) is 20.3. The van der Waals surface area contributed by atoms with Crippen LogP contribution in [0.15, 0.2) is 48.5 Å². The average molecular weight is 386 g/mol. The lowest BCUT2D eigenvalue weighted by molar-refractivity contribution is -0.157. The van der Waals surface area contributed by atoms with Crippen LogP contribution >= 0.6 is 0 Å². The molecule has 28 heavy (non-hydrogen) atoms. The monoisotopic (exact) mass is 386 g/mol. The quantitative estimate of drug-likeness (QED) is 0.558. The van der Waals surface area contributed by atoms with Gasteiger partial charge in [0.1, 0.15) is 24.1 Å². The molecule has 3 rings (SSSR count). The summed E-state index contributed by atoms with van der Waals surface area (Å²) < 4.78 is 6.00. The molecule has 0 radical (unpaired) electrons. The Balaban J connectivity index is 1.77. The molecule has 0 amide bonds. The van der Waals surface area contributed by atoms with E-state index in [4.69, 9.17) is 4.74 Å². The number of para-hydroxylation sites is 1. The maximum absolute atomic E-state index is 11.4. The minimum absolute atomic E-state index is 0.0146. The van der Waals surface area contributed by atoms with Gasteiger partial charge in [0.2, 0.25) is 0 Å². The molecule has 4 N–H and O–H groups in total. The van der Waals surface area contributed by atoms with E-state index in [1.54, 1.807) is 18.2 Å². The van der Waals surface area contributed by atoms with Gasteiger partial charge in [-0.05, 0) is 30.5 Å². The molecule has 6 nitrogen and oxygen atoms in total. The molecule has 0 unspecified atom stereocenters. The van der Waals surface area contributed by atoms with Gasteiger partial charge < -0.3 is 25.2 Å². The van der Waals surface area contributed by atoms with E-state index in [1.807, 2.05) is 30.3 Å². The van der Waals surface area contributed by atoms with E-state index in [0.29, 0.717) is 17.7 Å². The van der Waals surface area contributed by atoms with Gasteiger partial charge in [0.25, 0.3) is 0 Å². The van der Waals surface area contributed by atoms with Crippen molar-refractivity contribution in [1.82, 2.24) is 0 Å². The first-order chi connectivity index (χ1) is 13.4. The number of hydrogen-bond acceptors (Lipinski definition) is 6. The zero-order valence-electron chi connectivity index (χ0n) is 15.7. The Morgan fingerprint density at radius 2 is 1.68 bits per heavy atom. The highest BCUT2D eigenvalue weighted by Crippen LogP contribution is 2.31. The van der Waals surface area contributed by atoms with Crippen molar-refractivity contribution in [1.29, 1.82) is 0 Å². The summed E-state index contributed by atoms with van der Waals surface area (Å²) in [5.41, 5.74) is 2.56. The van der Waals surface area contributed by atoms with Crippen LogP contribution in [-0.2, 0) is 6.42 Å². The van der Waals surface area contributed by atoms with Gasteiger partial charge in [-0.3, -0.25) is 4.79 Å². The highest BCUT2D eigenvalue weighted by Gasteiger charge is 2.43. The normalized spacial score (nSPS) is 27.4. The lowest BCUT2D eigenvalue weighted by Gasteiger charge is -2.39. The lowest BCUT2D eigenvalue weighted by atomic mass is 9.81.